The molecule has 1 aromatic heterocycles. The molecule has 2 aromatic rings. The summed E-state index contributed by atoms with van der Waals surface area (Å²) in [6.07, 6.45) is 2.32. The molecule has 0 bridgehead atoms. The van der Waals surface area contributed by atoms with Crippen LogP contribution in [0.1, 0.15) is 16.1 Å². The molecule has 0 aliphatic heterocycles. The van der Waals surface area contributed by atoms with E-state index in [4.69, 9.17) is 9.84 Å². The van der Waals surface area contributed by atoms with Crippen LogP contribution < -0.4 is 4.74 Å². The molecule has 0 aliphatic rings. The van der Waals surface area contributed by atoms with Gasteiger partial charge in [0.2, 0.25) is 5.75 Å². The average molecular weight is 354 g/mol. The Morgan fingerprint density at radius 2 is 2.24 bits per heavy atom. The summed E-state index contributed by atoms with van der Waals surface area (Å²) in [6, 6.07) is 4.38. The maximum absolute atomic E-state index is 11.0. The number of aromatic nitrogens is 2. The highest BCUT2D eigenvalue weighted by Crippen LogP contribution is 2.35. The number of aromatic carboxylic acids is 1. The molecule has 0 unspecified atom stereocenters. The maximum Gasteiger partial charge on any atom is 0.339 e. The third-order valence-electron chi connectivity index (χ3n) is 2.52. The molecule has 0 amide bonds. The summed E-state index contributed by atoms with van der Waals surface area (Å²) < 4.78 is 5.76. The van der Waals surface area contributed by atoms with Gasteiger partial charge in [0.25, 0.3) is 0 Å². The number of halogens is 1. The highest BCUT2D eigenvalue weighted by atomic mass is 79.9. The average Bonchev–Trinajstić information content (AvgIpc) is 2.45. The minimum atomic E-state index is -1.20. The summed E-state index contributed by atoms with van der Waals surface area (Å²) in [4.78, 5) is 28.8. The summed E-state index contributed by atoms with van der Waals surface area (Å²) in [5, 5.41) is 20.0. The highest BCUT2D eigenvalue weighted by molar-refractivity contribution is 9.10. The first kappa shape index (κ1) is 14.9. The first-order chi connectivity index (χ1) is 10.0. The van der Waals surface area contributed by atoms with Gasteiger partial charge in [-0.2, -0.15) is 0 Å². The molecule has 1 heterocycles. The van der Waals surface area contributed by atoms with E-state index in [1.807, 2.05) is 0 Å². The van der Waals surface area contributed by atoms with Gasteiger partial charge in [0, 0.05) is 12.3 Å². The van der Waals surface area contributed by atoms with Gasteiger partial charge < -0.3 is 9.84 Å². The van der Waals surface area contributed by atoms with Crippen molar-refractivity contribution in [2.24, 2.45) is 0 Å². The van der Waals surface area contributed by atoms with Crippen molar-refractivity contribution in [3.63, 3.8) is 0 Å². The fourth-order valence-electron chi connectivity index (χ4n) is 1.57. The van der Waals surface area contributed by atoms with Crippen molar-refractivity contribution >= 4 is 27.6 Å². The van der Waals surface area contributed by atoms with E-state index in [1.165, 1.54) is 18.5 Å². The van der Waals surface area contributed by atoms with E-state index in [-0.39, 0.29) is 29.3 Å². The molecule has 0 fully saturated rings. The van der Waals surface area contributed by atoms with Gasteiger partial charge in [0.15, 0.2) is 0 Å². The van der Waals surface area contributed by atoms with E-state index >= 15 is 0 Å². The van der Waals surface area contributed by atoms with E-state index in [0.29, 0.717) is 4.47 Å². The molecule has 0 radical (unpaired) electrons. The van der Waals surface area contributed by atoms with Crippen LogP contribution in [0.3, 0.4) is 0 Å². The van der Waals surface area contributed by atoms with Crippen LogP contribution in [0.5, 0.6) is 5.75 Å². The van der Waals surface area contributed by atoms with Crippen LogP contribution in [0.4, 0.5) is 5.69 Å². The Morgan fingerprint density at radius 1 is 1.48 bits per heavy atom. The van der Waals surface area contributed by atoms with Crippen LogP contribution >= 0.6 is 15.9 Å². The standard InChI is InChI=1S/C12H8BrN3O5/c13-8-2-1-3-10(16(19)20)11(8)21-5-9-7(12(17)18)4-14-6-15-9/h1-4,6H,5H2,(H,17,18). The molecule has 1 N–H and O–H groups in total. The third-order valence-corrected chi connectivity index (χ3v) is 3.15. The van der Waals surface area contributed by atoms with Crippen molar-refractivity contribution in [3.8, 4) is 5.75 Å². The van der Waals surface area contributed by atoms with Gasteiger partial charge in [0.1, 0.15) is 18.5 Å². The summed E-state index contributed by atoms with van der Waals surface area (Å²) in [5.74, 6) is -1.19. The minimum absolute atomic E-state index is 0.0115. The number of rotatable bonds is 5. The SMILES string of the molecule is O=C(O)c1cncnc1COc1c(Br)cccc1[N+](=O)[O-]. The lowest BCUT2D eigenvalue weighted by molar-refractivity contribution is -0.386. The number of nitro groups is 1. The van der Waals surface area contributed by atoms with Crippen LogP contribution in [0.25, 0.3) is 0 Å². The van der Waals surface area contributed by atoms with E-state index in [1.54, 1.807) is 6.07 Å². The third kappa shape index (κ3) is 3.31. The largest absolute Gasteiger partial charge is 0.479 e. The zero-order chi connectivity index (χ0) is 15.4. The molecule has 108 valence electrons. The smallest absolute Gasteiger partial charge is 0.339 e. The number of ether oxygens (including phenoxy) is 1. The Labute approximate surface area is 126 Å². The van der Waals surface area contributed by atoms with E-state index in [0.717, 1.165) is 6.20 Å². The molecule has 0 saturated heterocycles. The lowest BCUT2D eigenvalue weighted by Crippen LogP contribution is -2.09. The van der Waals surface area contributed by atoms with Gasteiger partial charge in [-0.1, -0.05) is 6.07 Å². The van der Waals surface area contributed by atoms with Crippen LogP contribution in [0.15, 0.2) is 35.2 Å². The van der Waals surface area contributed by atoms with Crippen molar-refractivity contribution in [2.75, 3.05) is 0 Å². The van der Waals surface area contributed by atoms with Crippen LogP contribution in [-0.4, -0.2) is 26.0 Å². The molecule has 21 heavy (non-hydrogen) atoms. The Kier molecular flexibility index (Phi) is 4.43. The van der Waals surface area contributed by atoms with Crippen molar-refractivity contribution < 1.29 is 19.6 Å². The predicted octanol–water partition coefficient (Wildman–Crippen LogP) is 2.42. The number of carboxylic acids is 1. The van der Waals surface area contributed by atoms with E-state index in [2.05, 4.69) is 25.9 Å². The number of hydrogen-bond donors (Lipinski definition) is 1. The van der Waals surface area contributed by atoms with Crippen molar-refractivity contribution in [3.05, 3.63) is 56.6 Å². The molecular formula is C12H8BrN3O5. The number of carboxylic acid groups (broad SMARTS) is 1. The van der Waals surface area contributed by atoms with Crippen molar-refractivity contribution in [1.29, 1.82) is 0 Å². The zero-order valence-electron chi connectivity index (χ0n) is 10.4. The van der Waals surface area contributed by atoms with Crippen molar-refractivity contribution in [2.45, 2.75) is 6.61 Å². The maximum atomic E-state index is 11.0. The highest BCUT2D eigenvalue weighted by Gasteiger charge is 2.19. The Hall–Kier alpha value is -2.55. The van der Waals surface area contributed by atoms with Crippen LogP contribution in [0, 0.1) is 10.1 Å². The van der Waals surface area contributed by atoms with Crippen LogP contribution in [-0.2, 0) is 6.61 Å². The second-order valence-electron chi connectivity index (χ2n) is 3.82. The molecule has 2 rings (SSSR count). The van der Waals surface area contributed by atoms with Crippen LogP contribution in [0.2, 0.25) is 0 Å². The zero-order valence-corrected chi connectivity index (χ0v) is 12.0. The van der Waals surface area contributed by atoms with Gasteiger partial charge in [-0.15, -0.1) is 0 Å². The van der Waals surface area contributed by atoms with Gasteiger partial charge in [-0.05, 0) is 22.0 Å². The van der Waals surface area contributed by atoms with Gasteiger partial charge in [-0.3, -0.25) is 10.1 Å². The molecule has 8 nitrogen and oxygen atoms in total. The number of para-hydroxylation sites is 1. The van der Waals surface area contributed by atoms with Gasteiger partial charge in [0.05, 0.1) is 15.1 Å². The van der Waals surface area contributed by atoms with Crippen molar-refractivity contribution in [1.82, 2.24) is 9.97 Å². The first-order valence-electron chi connectivity index (χ1n) is 5.58. The second kappa shape index (κ2) is 6.27. The number of carbonyl (C=O) groups is 1. The lowest BCUT2D eigenvalue weighted by atomic mass is 10.2. The fourth-order valence-corrected chi connectivity index (χ4v) is 2.04. The summed E-state index contributed by atoms with van der Waals surface area (Å²) in [6.45, 7) is -0.229. The quantitative estimate of drug-likeness (QED) is 0.647. The summed E-state index contributed by atoms with van der Waals surface area (Å²) in [5.41, 5.74) is -0.218. The second-order valence-corrected chi connectivity index (χ2v) is 4.68. The Balaban J connectivity index is 2.29. The number of nitrogens with zero attached hydrogens (tertiary/aromatic N) is 3. The molecule has 0 atom stereocenters. The fraction of sp³-hybridized carbons (Fsp3) is 0.0833. The van der Waals surface area contributed by atoms with E-state index < -0.39 is 10.9 Å². The Bertz CT molecular complexity index is 707. The topological polar surface area (TPSA) is 115 Å². The Morgan fingerprint density at radius 3 is 2.90 bits per heavy atom. The normalized spacial score (nSPS) is 10.1. The number of nitro benzene ring substituents is 1. The summed E-state index contributed by atoms with van der Waals surface area (Å²) >= 11 is 3.16. The first-order valence-corrected chi connectivity index (χ1v) is 6.38. The predicted molar refractivity (Wildman–Crippen MR) is 74.1 cm³/mol. The van der Waals surface area contributed by atoms with Gasteiger partial charge >= 0.3 is 11.7 Å². The molecule has 0 spiro atoms. The summed E-state index contributed by atoms with van der Waals surface area (Å²) in [7, 11) is 0. The molecular weight excluding hydrogens is 346 g/mol. The number of benzene rings is 1. The van der Waals surface area contributed by atoms with E-state index in [9.17, 15) is 14.9 Å². The molecule has 0 saturated carbocycles. The minimum Gasteiger partial charge on any atom is -0.479 e. The molecule has 0 aliphatic carbocycles. The monoisotopic (exact) mass is 353 g/mol. The van der Waals surface area contributed by atoms with Gasteiger partial charge in [-0.25, -0.2) is 14.8 Å². The lowest BCUT2D eigenvalue weighted by Gasteiger charge is -2.09. The number of hydrogen-bond acceptors (Lipinski definition) is 6. The molecule has 9 heteroatoms. The molecule has 1 aromatic carbocycles.